The molecule has 3 aromatic rings. The van der Waals surface area contributed by atoms with E-state index in [0.29, 0.717) is 0 Å². The van der Waals surface area contributed by atoms with Crippen LogP contribution in [0.1, 0.15) is 25.0 Å². The third-order valence-corrected chi connectivity index (χ3v) is 5.11. The van der Waals surface area contributed by atoms with Crippen molar-refractivity contribution >= 4 is 33.0 Å². The summed E-state index contributed by atoms with van der Waals surface area (Å²) in [5.41, 5.74) is 7.36. The van der Waals surface area contributed by atoms with Crippen LogP contribution in [-0.4, -0.2) is 4.57 Å². The minimum atomic E-state index is 1.19. The van der Waals surface area contributed by atoms with Crippen LogP contribution in [0.4, 0.5) is 0 Å². The number of nitrogens with zero attached hydrogens (tertiary/aromatic N) is 1. The molecule has 0 saturated heterocycles. The van der Waals surface area contributed by atoms with Crippen LogP contribution in [0.3, 0.4) is 0 Å². The van der Waals surface area contributed by atoms with Crippen LogP contribution in [0.25, 0.3) is 33.0 Å². The van der Waals surface area contributed by atoms with Gasteiger partial charge in [-0.25, -0.2) is 0 Å². The van der Waals surface area contributed by atoms with Gasteiger partial charge in [0.2, 0.25) is 0 Å². The Balaban J connectivity index is 2.20. The van der Waals surface area contributed by atoms with Crippen molar-refractivity contribution in [1.82, 2.24) is 4.57 Å². The molecule has 0 fully saturated rings. The van der Waals surface area contributed by atoms with Gasteiger partial charge in [0, 0.05) is 28.9 Å². The number of aromatic nitrogens is 1. The Morgan fingerprint density at radius 2 is 1.46 bits per heavy atom. The summed E-state index contributed by atoms with van der Waals surface area (Å²) in [6, 6.07) is 13.4. The number of hydrogen-bond acceptors (Lipinski definition) is 0. The Bertz CT molecular complexity index is 1160. The van der Waals surface area contributed by atoms with Gasteiger partial charge in [0.25, 0.3) is 0 Å². The van der Waals surface area contributed by atoms with Crippen LogP contribution in [0.5, 0.6) is 0 Å². The molecule has 0 atom stereocenters. The van der Waals surface area contributed by atoms with Crippen molar-refractivity contribution in [2.45, 2.75) is 13.8 Å². The zero-order valence-corrected chi connectivity index (χ0v) is 16.9. The van der Waals surface area contributed by atoms with Crippen molar-refractivity contribution in [3.8, 4) is 0 Å². The topological polar surface area (TPSA) is 4.93 Å². The smallest absolute Gasteiger partial charge is 0.0489 e. The van der Waals surface area contributed by atoms with Gasteiger partial charge >= 0.3 is 0 Å². The molecule has 1 heteroatoms. The second-order valence-electron chi connectivity index (χ2n) is 6.83. The molecule has 0 bridgehead atoms. The molecular weight excluding hydrogens is 338 g/mol. The molecule has 0 spiro atoms. The number of hydrogen-bond donors (Lipinski definition) is 0. The van der Waals surface area contributed by atoms with E-state index in [1.54, 1.807) is 6.08 Å². The van der Waals surface area contributed by atoms with E-state index in [-0.39, 0.29) is 0 Å². The summed E-state index contributed by atoms with van der Waals surface area (Å²) in [7, 11) is 2.13. The zero-order valence-electron chi connectivity index (χ0n) is 16.9. The molecule has 0 N–H and O–H groups in total. The first-order chi connectivity index (χ1) is 13.6. The van der Waals surface area contributed by atoms with E-state index in [1.165, 1.54) is 44.1 Å². The van der Waals surface area contributed by atoms with Crippen LogP contribution in [0, 0.1) is 0 Å². The van der Waals surface area contributed by atoms with Gasteiger partial charge in [0.1, 0.15) is 0 Å². The summed E-state index contributed by atoms with van der Waals surface area (Å²) in [6.45, 7) is 11.7. The average Bonchev–Trinajstić information content (AvgIpc) is 3.00. The average molecular weight is 366 g/mol. The standard InChI is InChI=1S/C27H27N/c1-6-9-11-12-20(4)22-14-16-26-24(18-22)25-19-23(15-17-27(25)28(26)5)21(8-3)13-10-7-2/h6-19H,1-2H2,3-5H3/b11-9-,13-10-,20-12+,21-8+. The van der Waals surface area contributed by atoms with E-state index in [9.17, 15) is 0 Å². The molecule has 0 aliphatic rings. The molecule has 1 heterocycles. The number of fused-ring (bicyclic) bond motifs is 3. The monoisotopic (exact) mass is 365 g/mol. The number of benzene rings is 2. The SMILES string of the molecule is C=C/C=C\C=C(/C)c1ccc2c(c1)c1cc(C(/C=C\C=C)=C/C)ccc1n2C. The predicted molar refractivity (Wildman–Crippen MR) is 126 cm³/mol. The highest BCUT2D eigenvalue weighted by Gasteiger charge is 2.11. The van der Waals surface area contributed by atoms with Crippen molar-refractivity contribution in [3.05, 3.63) is 109 Å². The summed E-state index contributed by atoms with van der Waals surface area (Å²) >= 11 is 0. The van der Waals surface area contributed by atoms with Gasteiger partial charge in [0.05, 0.1) is 0 Å². The van der Waals surface area contributed by atoms with E-state index in [4.69, 9.17) is 0 Å². The maximum Gasteiger partial charge on any atom is 0.0489 e. The van der Waals surface area contributed by atoms with Gasteiger partial charge in [0.15, 0.2) is 0 Å². The fourth-order valence-electron chi connectivity index (χ4n) is 3.55. The molecule has 0 radical (unpaired) electrons. The lowest BCUT2D eigenvalue weighted by Gasteiger charge is -2.04. The van der Waals surface area contributed by atoms with E-state index >= 15 is 0 Å². The molecule has 28 heavy (non-hydrogen) atoms. The first-order valence-corrected chi connectivity index (χ1v) is 9.55. The Morgan fingerprint density at radius 1 is 0.857 bits per heavy atom. The summed E-state index contributed by atoms with van der Waals surface area (Å²) in [4.78, 5) is 0. The highest BCUT2D eigenvalue weighted by atomic mass is 14.9. The molecular formula is C27H27N. The van der Waals surface area contributed by atoms with Crippen molar-refractivity contribution in [2.75, 3.05) is 0 Å². The van der Waals surface area contributed by atoms with Gasteiger partial charge in [-0.2, -0.15) is 0 Å². The molecule has 1 aromatic heterocycles. The zero-order chi connectivity index (χ0) is 20.1. The number of rotatable bonds is 6. The van der Waals surface area contributed by atoms with Crippen molar-refractivity contribution in [1.29, 1.82) is 0 Å². The largest absolute Gasteiger partial charge is 0.344 e. The quantitative estimate of drug-likeness (QED) is 0.396. The van der Waals surface area contributed by atoms with E-state index in [2.05, 4.69) is 93.2 Å². The lowest BCUT2D eigenvalue weighted by Crippen LogP contribution is -1.87. The first kappa shape index (κ1) is 19.4. The second kappa shape index (κ2) is 8.58. The minimum absolute atomic E-state index is 1.19. The summed E-state index contributed by atoms with van der Waals surface area (Å²) in [6.07, 6.45) is 15.9. The highest BCUT2D eigenvalue weighted by molar-refractivity contribution is 6.09. The number of allylic oxidation sites excluding steroid dienone is 10. The molecule has 0 unspecified atom stereocenters. The van der Waals surface area contributed by atoms with Crippen molar-refractivity contribution in [2.24, 2.45) is 7.05 Å². The maximum absolute atomic E-state index is 3.77. The molecule has 0 aliphatic heterocycles. The van der Waals surface area contributed by atoms with Crippen LogP contribution >= 0.6 is 0 Å². The van der Waals surface area contributed by atoms with E-state index in [1.807, 2.05) is 24.3 Å². The van der Waals surface area contributed by atoms with Gasteiger partial charge in [-0.15, -0.1) is 0 Å². The molecule has 0 amide bonds. The van der Waals surface area contributed by atoms with Crippen LogP contribution in [-0.2, 0) is 7.05 Å². The van der Waals surface area contributed by atoms with E-state index in [0.717, 1.165) is 0 Å². The Labute approximate surface area is 168 Å². The van der Waals surface area contributed by atoms with Crippen molar-refractivity contribution < 1.29 is 0 Å². The maximum atomic E-state index is 3.77. The number of aryl methyl sites for hydroxylation is 1. The first-order valence-electron chi connectivity index (χ1n) is 9.55. The fourth-order valence-corrected chi connectivity index (χ4v) is 3.55. The van der Waals surface area contributed by atoms with Gasteiger partial charge < -0.3 is 4.57 Å². The van der Waals surface area contributed by atoms with Crippen LogP contribution < -0.4 is 0 Å². The van der Waals surface area contributed by atoms with E-state index < -0.39 is 0 Å². The lowest BCUT2D eigenvalue weighted by molar-refractivity contribution is 1.01. The summed E-state index contributed by atoms with van der Waals surface area (Å²) in [5.74, 6) is 0. The van der Waals surface area contributed by atoms with Crippen molar-refractivity contribution in [3.63, 3.8) is 0 Å². The second-order valence-corrected chi connectivity index (χ2v) is 6.83. The fraction of sp³-hybridized carbons (Fsp3) is 0.111. The lowest BCUT2D eigenvalue weighted by atomic mass is 10.00. The molecule has 0 saturated carbocycles. The van der Waals surface area contributed by atoms with Crippen LogP contribution in [0.15, 0.2) is 98.2 Å². The minimum Gasteiger partial charge on any atom is -0.344 e. The summed E-state index contributed by atoms with van der Waals surface area (Å²) < 4.78 is 2.27. The van der Waals surface area contributed by atoms with Gasteiger partial charge in [-0.3, -0.25) is 0 Å². The predicted octanol–water partition coefficient (Wildman–Crippen LogP) is 7.62. The highest BCUT2D eigenvalue weighted by Crippen LogP contribution is 2.32. The molecule has 140 valence electrons. The van der Waals surface area contributed by atoms with Gasteiger partial charge in [-0.1, -0.05) is 73.9 Å². The van der Waals surface area contributed by atoms with Crippen LogP contribution in [0.2, 0.25) is 0 Å². The normalized spacial score (nSPS) is 13.2. The molecule has 3 rings (SSSR count). The Kier molecular flexibility index (Phi) is 5.96. The Morgan fingerprint density at radius 3 is 2.07 bits per heavy atom. The Hall–Kier alpha value is -3.32. The van der Waals surface area contributed by atoms with Gasteiger partial charge in [-0.05, 0) is 60.4 Å². The molecule has 1 nitrogen and oxygen atoms in total. The third-order valence-electron chi connectivity index (χ3n) is 5.11. The molecule has 0 aliphatic carbocycles. The summed E-state index contributed by atoms with van der Waals surface area (Å²) in [5, 5.41) is 2.55. The third kappa shape index (κ3) is 3.70. The molecule has 2 aromatic carbocycles.